The largest absolute Gasteiger partial charge is 0.503 e. The van der Waals surface area contributed by atoms with Crippen LogP contribution in [0, 0.1) is 0 Å². The molecule has 0 saturated carbocycles. The number of nitrogens with zero attached hydrogens (tertiary/aromatic N) is 2. The molecule has 8 heteroatoms. The molecule has 8 nitrogen and oxygen atoms in total. The highest BCUT2D eigenvalue weighted by molar-refractivity contribution is 6.26. The van der Waals surface area contributed by atoms with Gasteiger partial charge in [0, 0.05) is 36.8 Å². The van der Waals surface area contributed by atoms with E-state index in [0.717, 1.165) is 12.8 Å². The van der Waals surface area contributed by atoms with Gasteiger partial charge in [0.2, 0.25) is 5.78 Å². The van der Waals surface area contributed by atoms with Crippen LogP contribution in [-0.2, 0) is 19.9 Å². The first-order chi connectivity index (χ1) is 16.4. The Morgan fingerprint density at radius 2 is 1.91 bits per heavy atom. The molecule has 6 rings (SSSR count). The summed E-state index contributed by atoms with van der Waals surface area (Å²) >= 11 is 0. The molecule has 0 aliphatic carbocycles. The van der Waals surface area contributed by atoms with E-state index >= 15 is 0 Å². The normalized spacial score (nSPS) is 24.2. The zero-order valence-electron chi connectivity index (χ0n) is 18.5. The van der Waals surface area contributed by atoms with Crippen LogP contribution in [-0.4, -0.2) is 53.9 Å². The maximum atomic E-state index is 13.9. The number of anilines is 1. The summed E-state index contributed by atoms with van der Waals surface area (Å²) < 4.78 is 11.5. The first-order valence-electron chi connectivity index (χ1n) is 11.2. The van der Waals surface area contributed by atoms with Crippen LogP contribution in [0.1, 0.15) is 29.0 Å². The summed E-state index contributed by atoms with van der Waals surface area (Å²) in [5.74, 6) is -2.73. The van der Waals surface area contributed by atoms with Crippen LogP contribution in [0.3, 0.4) is 0 Å². The lowest BCUT2D eigenvalue weighted by Crippen LogP contribution is -2.55. The van der Waals surface area contributed by atoms with Crippen molar-refractivity contribution in [3.05, 3.63) is 77.3 Å². The number of carbonyl (C=O) groups is 3. The molecule has 1 spiro atoms. The van der Waals surface area contributed by atoms with Crippen molar-refractivity contribution in [2.24, 2.45) is 0 Å². The minimum Gasteiger partial charge on any atom is -0.503 e. The summed E-state index contributed by atoms with van der Waals surface area (Å²) in [5, 5.41) is 11.8. The molecule has 2 aromatic carbocycles. The molecule has 34 heavy (non-hydrogen) atoms. The monoisotopic (exact) mass is 458 g/mol. The standard InChI is InChI=1S/C26H22N2O6/c1-27-18-10-4-3-9-17(18)26(25(27)32)21(22(29)20-13-15-7-2-5-11-19(15)34-20)23(30)24(31)28(26)14-16-8-6-12-33-16/h2-5,7,9-11,13,16,30H,6,8,12,14H2,1H3/t16-,26-/m0/s1. The smallest absolute Gasteiger partial charge is 0.290 e. The lowest BCUT2D eigenvalue weighted by molar-refractivity contribution is -0.141. The Balaban J connectivity index is 1.57. The first-order valence-corrected chi connectivity index (χ1v) is 11.2. The number of Topliss-reactive ketones (excluding diaryl/α,β-unsaturated/α-hetero) is 1. The zero-order chi connectivity index (χ0) is 23.6. The molecule has 3 aliphatic heterocycles. The van der Waals surface area contributed by atoms with Gasteiger partial charge in [-0.2, -0.15) is 0 Å². The number of hydrogen-bond acceptors (Lipinski definition) is 6. The Labute approximate surface area is 195 Å². The van der Waals surface area contributed by atoms with Crippen LogP contribution in [0.4, 0.5) is 5.69 Å². The highest BCUT2D eigenvalue weighted by Gasteiger charge is 2.65. The summed E-state index contributed by atoms with van der Waals surface area (Å²) in [4.78, 5) is 44.0. The molecule has 4 heterocycles. The van der Waals surface area contributed by atoms with E-state index in [9.17, 15) is 19.5 Å². The molecular weight excluding hydrogens is 436 g/mol. The van der Waals surface area contributed by atoms with Crippen molar-refractivity contribution in [1.29, 1.82) is 0 Å². The summed E-state index contributed by atoms with van der Waals surface area (Å²) in [6.45, 7) is 0.641. The van der Waals surface area contributed by atoms with Crippen LogP contribution in [0.2, 0.25) is 0 Å². The SMILES string of the molecule is CN1C(=O)[C@@]2(C(C(=O)c3cc4ccccc4o3)=C(O)C(=O)N2C[C@@H]2CCCO2)c2ccccc21. The van der Waals surface area contributed by atoms with Gasteiger partial charge >= 0.3 is 0 Å². The van der Waals surface area contributed by atoms with E-state index in [2.05, 4.69) is 0 Å². The number of hydrogen-bond donors (Lipinski definition) is 1. The number of rotatable bonds is 4. The van der Waals surface area contributed by atoms with Gasteiger partial charge in [-0.3, -0.25) is 14.4 Å². The van der Waals surface area contributed by atoms with Crippen molar-refractivity contribution in [2.45, 2.75) is 24.5 Å². The third-order valence-electron chi connectivity index (χ3n) is 7.01. The summed E-state index contributed by atoms with van der Waals surface area (Å²) in [6.07, 6.45) is 1.27. The zero-order valence-corrected chi connectivity index (χ0v) is 18.5. The fourth-order valence-electron chi connectivity index (χ4n) is 5.44. The van der Waals surface area contributed by atoms with Gasteiger partial charge in [0.1, 0.15) is 5.58 Å². The summed E-state index contributed by atoms with van der Waals surface area (Å²) in [7, 11) is 1.60. The number of aliphatic hydroxyl groups excluding tert-OH is 1. The molecule has 1 saturated heterocycles. The van der Waals surface area contributed by atoms with Crippen molar-refractivity contribution >= 4 is 34.3 Å². The van der Waals surface area contributed by atoms with Gasteiger partial charge in [0.25, 0.3) is 11.8 Å². The number of aliphatic hydroxyl groups is 1. The number of ether oxygens (including phenoxy) is 1. The topological polar surface area (TPSA) is 100 Å². The molecule has 172 valence electrons. The lowest BCUT2D eigenvalue weighted by Gasteiger charge is -2.36. The van der Waals surface area contributed by atoms with Crippen molar-refractivity contribution in [1.82, 2.24) is 4.90 Å². The van der Waals surface area contributed by atoms with E-state index in [1.807, 2.05) is 6.07 Å². The molecule has 1 aromatic heterocycles. The minimum absolute atomic E-state index is 0.0475. The molecule has 1 N–H and O–H groups in total. The van der Waals surface area contributed by atoms with E-state index in [1.165, 1.54) is 9.80 Å². The molecule has 2 atom stereocenters. The van der Waals surface area contributed by atoms with Crippen LogP contribution >= 0.6 is 0 Å². The predicted octanol–water partition coefficient (Wildman–Crippen LogP) is 3.32. The van der Waals surface area contributed by atoms with Gasteiger partial charge in [-0.15, -0.1) is 0 Å². The number of benzene rings is 2. The van der Waals surface area contributed by atoms with Gasteiger partial charge in [-0.1, -0.05) is 36.4 Å². The molecule has 3 aromatic rings. The summed E-state index contributed by atoms with van der Waals surface area (Å²) in [6, 6.07) is 15.7. The lowest BCUT2D eigenvalue weighted by atomic mass is 9.81. The predicted molar refractivity (Wildman–Crippen MR) is 122 cm³/mol. The third-order valence-corrected chi connectivity index (χ3v) is 7.01. The molecule has 2 amide bonds. The first kappa shape index (κ1) is 20.7. The number of carbonyl (C=O) groups excluding carboxylic acids is 3. The molecule has 0 bridgehead atoms. The highest BCUT2D eigenvalue weighted by Crippen LogP contribution is 2.53. The molecular formula is C26H22N2O6. The van der Waals surface area contributed by atoms with Gasteiger partial charge in [0.05, 0.1) is 11.7 Å². The van der Waals surface area contributed by atoms with Crippen LogP contribution in [0.5, 0.6) is 0 Å². The molecule has 0 radical (unpaired) electrons. The second-order valence-corrected chi connectivity index (χ2v) is 8.84. The van der Waals surface area contributed by atoms with Crippen molar-refractivity contribution in [3.63, 3.8) is 0 Å². The Morgan fingerprint density at radius 1 is 1.15 bits per heavy atom. The average Bonchev–Trinajstić information content (AvgIpc) is 3.61. The van der Waals surface area contributed by atoms with E-state index in [1.54, 1.807) is 55.6 Å². The van der Waals surface area contributed by atoms with Gasteiger partial charge in [-0.05, 0) is 31.0 Å². The maximum Gasteiger partial charge on any atom is 0.290 e. The fourth-order valence-corrected chi connectivity index (χ4v) is 5.44. The van der Waals surface area contributed by atoms with Crippen LogP contribution < -0.4 is 4.90 Å². The summed E-state index contributed by atoms with van der Waals surface area (Å²) in [5.41, 5.74) is -0.541. The number of fused-ring (bicyclic) bond motifs is 3. The minimum atomic E-state index is -1.80. The Bertz CT molecular complexity index is 1370. The van der Waals surface area contributed by atoms with Gasteiger partial charge in [0.15, 0.2) is 17.1 Å². The second kappa shape index (κ2) is 7.30. The van der Waals surface area contributed by atoms with Crippen LogP contribution in [0.25, 0.3) is 11.0 Å². The maximum absolute atomic E-state index is 13.9. The third kappa shape index (κ3) is 2.60. The number of amides is 2. The molecule has 0 unspecified atom stereocenters. The Morgan fingerprint density at radius 3 is 2.68 bits per heavy atom. The van der Waals surface area contributed by atoms with E-state index in [-0.39, 0.29) is 24.0 Å². The average molecular weight is 458 g/mol. The van der Waals surface area contributed by atoms with E-state index in [0.29, 0.717) is 28.8 Å². The second-order valence-electron chi connectivity index (χ2n) is 8.84. The van der Waals surface area contributed by atoms with Gasteiger partial charge in [-0.25, -0.2) is 0 Å². The fraction of sp³-hybridized carbons (Fsp3) is 0.269. The Hall–Kier alpha value is -3.91. The number of likely N-dealkylation sites (N-methyl/N-ethyl adjacent to an activating group) is 1. The Kier molecular flexibility index (Phi) is 4.44. The number of para-hydroxylation sites is 2. The number of furan rings is 1. The van der Waals surface area contributed by atoms with E-state index in [4.69, 9.17) is 9.15 Å². The van der Waals surface area contributed by atoms with Gasteiger partial charge < -0.3 is 24.1 Å². The van der Waals surface area contributed by atoms with Crippen molar-refractivity contribution < 1.29 is 28.6 Å². The molecule has 1 fully saturated rings. The van der Waals surface area contributed by atoms with Crippen molar-refractivity contribution in [2.75, 3.05) is 25.1 Å². The van der Waals surface area contributed by atoms with Crippen molar-refractivity contribution in [3.8, 4) is 0 Å². The quantitative estimate of drug-likeness (QED) is 0.602. The number of ketones is 1. The highest BCUT2D eigenvalue weighted by atomic mass is 16.5. The van der Waals surface area contributed by atoms with E-state index < -0.39 is 28.9 Å². The molecule has 3 aliphatic rings. The van der Waals surface area contributed by atoms with Crippen LogP contribution in [0.15, 0.2) is 70.3 Å².